The summed E-state index contributed by atoms with van der Waals surface area (Å²) in [7, 11) is 0. The van der Waals surface area contributed by atoms with Crippen molar-refractivity contribution in [2.24, 2.45) is 5.92 Å². The van der Waals surface area contributed by atoms with Gasteiger partial charge in [0.05, 0.1) is 0 Å². The Morgan fingerprint density at radius 3 is 2.48 bits per heavy atom. The lowest BCUT2D eigenvalue weighted by atomic mass is 10.0. The third-order valence-corrected chi connectivity index (χ3v) is 3.86. The lowest BCUT2D eigenvalue weighted by Crippen LogP contribution is -2.48. The Bertz CT molecular complexity index is 513. The highest BCUT2D eigenvalue weighted by Gasteiger charge is 2.17. The highest BCUT2D eigenvalue weighted by Crippen LogP contribution is 2.12. The van der Waals surface area contributed by atoms with Gasteiger partial charge < -0.3 is 10.6 Å². The Morgan fingerprint density at radius 1 is 1.19 bits per heavy atom. The highest BCUT2D eigenvalue weighted by atomic mass is 35.5. The molecule has 0 atom stereocenters. The van der Waals surface area contributed by atoms with Crippen molar-refractivity contribution in [1.29, 1.82) is 0 Å². The summed E-state index contributed by atoms with van der Waals surface area (Å²) in [6, 6.07) is 5.68. The fraction of sp³-hybridized carbons (Fsp3) is 0.500. The zero-order valence-corrected chi connectivity index (χ0v) is 13.4. The number of nitrogens with one attached hydrogen (secondary N) is 2. The Kier molecular flexibility index (Phi) is 6.85. The van der Waals surface area contributed by atoms with Crippen molar-refractivity contribution in [3.05, 3.63) is 34.9 Å². The van der Waals surface area contributed by atoms with E-state index in [1.807, 2.05) is 32.0 Å². The molecule has 2 N–H and O–H groups in total. The molecule has 0 bridgehead atoms. The Hall–Kier alpha value is -1.39. The monoisotopic (exact) mass is 310 g/mol. The van der Waals surface area contributed by atoms with E-state index in [1.54, 1.807) is 0 Å². The van der Waals surface area contributed by atoms with Gasteiger partial charge in [-0.15, -0.1) is 12.4 Å². The van der Waals surface area contributed by atoms with E-state index >= 15 is 0 Å². The van der Waals surface area contributed by atoms with E-state index in [-0.39, 0.29) is 36.9 Å². The average molecular weight is 311 g/mol. The normalized spacial score (nSPS) is 14.0. The number of carbonyl (C=O) groups is 2. The first-order valence-corrected chi connectivity index (χ1v) is 7.14. The summed E-state index contributed by atoms with van der Waals surface area (Å²) in [5.41, 5.74) is 2.98. The highest BCUT2D eigenvalue weighted by molar-refractivity contribution is 5.98. The van der Waals surface area contributed by atoms with E-state index in [0.717, 1.165) is 18.7 Å². The number of halogens is 1. The van der Waals surface area contributed by atoms with Crippen LogP contribution in [0.2, 0.25) is 0 Å². The maximum absolute atomic E-state index is 12.0. The summed E-state index contributed by atoms with van der Waals surface area (Å²) in [6.45, 7) is 6.67. The third kappa shape index (κ3) is 5.14. The van der Waals surface area contributed by atoms with Gasteiger partial charge in [0.2, 0.25) is 5.91 Å². The maximum atomic E-state index is 12.0. The summed E-state index contributed by atoms with van der Waals surface area (Å²) in [4.78, 5) is 23.7. The van der Waals surface area contributed by atoms with Gasteiger partial charge in [-0.05, 0) is 31.0 Å². The second-order valence-electron chi connectivity index (χ2n) is 5.55. The molecule has 2 rings (SSSR count). The molecule has 0 spiro atoms. The Balaban J connectivity index is 0.00000220. The van der Waals surface area contributed by atoms with Crippen LogP contribution < -0.4 is 10.6 Å². The molecular weight excluding hydrogens is 288 g/mol. The molecule has 0 aromatic heterocycles. The number of amides is 1. The van der Waals surface area contributed by atoms with Gasteiger partial charge in [0.15, 0.2) is 5.78 Å². The predicted molar refractivity (Wildman–Crippen MR) is 86.1 cm³/mol. The molecule has 0 saturated carbocycles. The van der Waals surface area contributed by atoms with Gasteiger partial charge >= 0.3 is 0 Å². The van der Waals surface area contributed by atoms with Gasteiger partial charge in [-0.1, -0.05) is 12.1 Å². The number of ketones is 1. The Labute approximate surface area is 132 Å². The largest absolute Gasteiger partial charge is 0.356 e. The van der Waals surface area contributed by atoms with Crippen molar-refractivity contribution >= 4 is 24.1 Å². The molecule has 1 aliphatic rings. The van der Waals surface area contributed by atoms with E-state index in [2.05, 4.69) is 10.6 Å². The van der Waals surface area contributed by atoms with E-state index in [4.69, 9.17) is 0 Å². The van der Waals surface area contributed by atoms with Gasteiger partial charge in [-0.2, -0.15) is 0 Å². The summed E-state index contributed by atoms with van der Waals surface area (Å²) in [5, 5.41) is 6.04. The molecule has 1 fully saturated rings. The standard InChI is InChI=1S/C16H22N2O2.ClH/c1-11-3-4-14(7-12(11)2)15(19)5-6-16(20)18-10-13-8-17-9-13;/h3-4,7,13,17H,5-6,8-10H2,1-2H3,(H,18,20);1H. The van der Waals surface area contributed by atoms with Gasteiger partial charge in [-0.25, -0.2) is 0 Å². The van der Waals surface area contributed by atoms with Gasteiger partial charge in [0.25, 0.3) is 0 Å². The fourth-order valence-electron chi connectivity index (χ4n) is 2.13. The Morgan fingerprint density at radius 2 is 1.90 bits per heavy atom. The molecule has 1 saturated heterocycles. The predicted octanol–water partition coefficient (Wildman–Crippen LogP) is 2.02. The quantitative estimate of drug-likeness (QED) is 0.790. The van der Waals surface area contributed by atoms with Crippen LogP contribution in [0.1, 0.15) is 34.3 Å². The number of hydrogen-bond acceptors (Lipinski definition) is 3. The van der Waals surface area contributed by atoms with Crippen molar-refractivity contribution in [1.82, 2.24) is 10.6 Å². The van der Waals surface area contributed by atoms with E-state index in [0.29, 0.717) is 18.0 Å². The molecule has 21 heavy (non-hydrogen) atoms. The molecule has 0 radical (unpaired) electrons. The average Bonchev–Trinajstić information content (AvgIpc) is 2.37. The molecule has 1 aromatic rings. The fourth-order valence-corrected chi connectivity index (χ4v) is 2.13. The van der Waals surface area contributed by atoms with E-state index < -0.39 is 0 Å². The van der Waals surface area contributed by atoms with Crippen LogP contribution in [0.15, 0.2) is 18.2 Å². The molecular formula is C16H23ClN2O2. The van der Waals surface area contributed by atoms with Crippen LogP contribution in [0, 0.1) is 19.8 Å². The number of Topliss-reactive ketones (excluding diaryl/α,β-unsaturated/α-hetero) is 1. The molecule has 4 nitrogen and oxygen atoms in total. The smallest absolute Gasteiger partial charge is 0.220 e. The minimum atomic E-state index is -0.0333. The minimum absolute atomic E-state index is 0. The number of benzene rings is 1. The van der Waals surface area contributed by atoms with Crippen molar-refractivity contribution in [3.63, 3.8) is 0 Å². The number of hydrogen-bond donors (Lipinski definition) is 2. The molecule has 0 unspecified atom stereocenters. The van der Waals surface area contributed by atoms with Crippen LogP contribution >= 0.6 is 12.4 Å². The number of rotatable bonds is 6. The zero-order chi connectivity index (χ0) is 14.5. The van der Waals surface area contributed by atoms with E-state index in [1.165, 1.54) is 5.56 Å². The molecule has 1 heterocycles. The van der Waals surface area contributed by atoms with Crippen LogP contribution in [-0.2, 0) is 4.79 Å². The maximum Gasteiger partial charge on any atom is 0.220 e. The molecule has 1 aromatic carbocycles. The number of carbonyl (C=O) groups excluding carboxylic acids is 2. The van der Waals surface area contributed by atoms with Crippen molar-refractivity contribution < 1.29 is 9.59 Å². The minimum Gasteiger partial charge on any atom is -0.356 e. The van der Waals surface area contributed by atoms with Crippen LogP contribution in [-0.4, -0.2) is 31.3 Å². The first kappa shape index (κ1) is 17.7. The van der Waals surface area contributed by atoms with Crippen LogP contribution in [0.4, 0.5) is 0 Å². The third-order valence-electron chi connectivity index (χ3n) is 3.86. The van der Waals surface area contributed by atoms with E-state index in [9.17, 15) is 9.59 Å². The first-order chi connectivity index (χ1) is 9.56. The first-order valence-electron chi connectivity index (χ1n) is 7.14. The van der Waals surface area contributed by atoms with Crippen LogP contribution in [0.5, 0.6) is 0 Å². The topological polar surface area (TPSA) is 58.2 Å². The summed E-state index contributed by atoms with van der Waals surface area (Å²) < 4.78 is 0. The zero-order valence-electron chi connectivity index (χ0n) is 12.6. The van der Waals surface area contributed by atoms with Crippen LogP contribution in [0.25, 0.3) is 0 Å². The van der Waals surface area contributed by atoms with Crippen LogP contribution in [0.3, 0.4) is 0 Å². The second kappa shape index (κ2) is 8.15. The summed E-state index contributed by atoms with van der Waals surface area (Å²) in [5.74, 6) is 0.553. The van der Waals surface area contributed by atoms with Gasteiger partial charge in [0, 0.05) is 44.0 Å². The molecule has 1 aliphatic heterocycles. The SMILES string of the molecule is Cc1ccc(C(=O)CCC(=O)NCC2CNC2)cc1C.Cl. The molecule has 1 amide bonds. The van der Waals surface area contributed by atoms with Crippen molar-refractivity contribution in [3.8, 4) is 0 Å². The lowest BCUT2D eigenvalue weighted by molar-refractivity contribution is -0.121. The number of aryl methyl sites for hydroxylation is 2. The molecule has 5 heteroatoms. The van der Waals surface area contributed by atoms with Crippen molar-refractivity contribution in [2.75, 3.05) is 19.6 Å². The second-order valence-corrected chi connectivity index (χ2v) is 5.55. The van der Waals surface area contributed by atoms with Crippen molar-refractivity contribution in [2.45, 2.75) is 26.7 Å². The van der Waals surface area contributed by atoms with Gasteiger partial charge in [-0.3, -0.25) is 9.59 Å². The summed E-state index contributed by atoms with van der Waals surface area (Å²) >= 11 is 0. The van der Waals surface area contributed by atoms with Gasteiger partial charge in [0.1, 0.15) is 0 Å². The molecule has 0 aliphatic carbocycles. The molecule has 116 valence electrons. The summed E-state index contributed by atoms with van der Waals surface area (Å²) in [6.07, 6.45) is 0.545. The lowest BCUT2D eigenvalue weighted by Gasteiger charge is -2.27.